The lowest BCUT2D eigenvalue weighted by Gasteiger charge is -2.38. The van der Waals surface area contributed by atoms with Crippen molar-refractivity contribution in [3.63, 3.8) is 0 Å². The van der Waals surface area contributed by atoms with Crippen LogP contribution in [-0.4, -0.2) is 47.0 Å². The zero-order valence-electron chi connectivity index (χ0n) is 22.1. The number of benzene rings is 1. The van der Waals surface area contributed by atoms with Gasteiger partial charge >= 0.3 is 6.09 Å². The Balaban J connectivity index is 3.43. The van der Waals surface area contributed by atoms with E-state index >= 15 is 0 Å². The molecule has 0 saturated carbocycles. The summed E-state index contributed by atoms with van der Waals surface area (Å²) in [5, 5.41) is 5.71. The molecule has 2 unspecified atom stereocenters. The highest BCUT2D eigenvalue weighted by Crippen LogP contribution is 2.27. The largest absolute Gasteiger partial charge is 0.444 e. The lowest BCUT2D eigenvalue weighted by Crippen LogP contribution is -2.56. The van der Waals surface area contributed by atoms with Crippen LogP contribution in [0, 0.1) is 5.92 Å². The molecular formula is C27H43N3O4. The quantitative estimate of drug-likeness (QED) is 0.439. The zero-order valence-corrected chi connectivity index (χ0v) is 22.1. The van der Waals surface area contributed by atoms with E-state index < -0.39 is 23.8 Å². The Bertz CT molecular complexity index is 843. The van der Waals surface area contributed by atoms with Crippen LogP contribution >= 0.6 is 0 Å². The Morgan fingerprint density at radius 2 is 1.79 bits per heavy atom. The van der Waals surface area contributed by atoms with Crippen molar-refractivity contribution in [2.24, 2.45) is 5.92 Å². The van der Waals surface area contributed by atoms with Crippen LogP contribution < -0.4 is 10.6 Å². The van der Waals surface area contributed by atoms with Crippen LogP contribution in [0.4, 0.5) is 4.79 Å². The molecule has 0 saturated heterocycles. The van der Waals surface area contributed by atoms with Gasteiger partial charge in [0.25, 0.3) is 0 Å². The number of amides is 3. The summed E-state index contributed by atoms with van der Waals surface area (Å²) < 4.78 is 5.39. The molecule has 2 atom stereocenters. The fourth-order valence-electron chi connectivity index (χ4n) is 3.57. The van der Waals surface area contributed by atoms with Gasteiger partial charge in [-0.2, -0.15) is 0 Å². The van der Waals surface area contributed by atoms with Crippen molar-refractivity contribution in [2.45, 2.75) is 92.0 Å². The Kier molecular flexibility index (Phi) is 11.3. The number of carbonyl (C=O) groups is 3. The van der Waals surface area contributed by atoms with Crippen molar-refractivity contribution in [1.29, 1.82) is 0 Å². The first-order valence-corrected chi connectivity index (χ1v) is 12.1. The second-order valence-electron chi connectivity index (χ2n) is 10.1. The monoisotopic (exact) mass is 473 g/mol. The van der Waals surface area contributed by atoms with Crippen molar-refractivity contribution in [1.82, 2.24) is 15.5 Å². The van der Waals surface area contributed by atoms with Gasteiger partial charge in [0.2, 0.25) is 11.8 Å². The van der Waals surface area contributed by atoms with Gasteiger partial charge in [0.05, 0.1) is 0 Å². The molecule has 3 amide bonds. The van der Waals surface area contributed by atoms with E-state index in [-0.39, 0.29) is 23.8 Å². The van der Waals surface area contributed by atoms with E-state index in [4.69, 9.17) is 4.74 Å². The summed E-state index contributed by atoms with van der Waals surface area (Å²) in [7, 11) is 0. The van der Waals surface area contributed by atoms with Gasteiger partial charge in [0, 0.05) is 12.6 Å². The van der Waals surface area contributed by atoms with E-state index in [1.165, 1.54) is 0 Å². The average molecular weight is 474 g/mol. The molecule has 190 valence electrons. The number of nitrogens with one attached hydrogen (secondary N) is 2. The van der Waals surface area contributed by atoms with Gasteiger partial charge in [-0.1, -0.05) is 58.0 Å². The summed E-state index contributed by atoms with van der Waals surface area (Å²) in [5.41, 5.74) is 0.847. The van der Waals surface area contributed by atoms with E-state index in [2.05, 4.69) is 24.1 Å². The number of hydrogen-bond acceptors (Lipinski definition) is 4. The molecule has 1 aromatic rings. The molecule has 0 bridgehead atoms. The Hall–Kier alpha value is -2.83. The number of alkyl carbamates (subject to hydrolysis) is 1. The van der Waals surface area contributed by atoms with E-state index in [1.54, 1.807) is 31.7 Å². The fourth-order valence-corrected chi connectivity index (χ4v) is 3.57. The molecule has 34 heavy (non-hydrogen) atoms. The Morgan fingerprint density at radius 3 is 2.29 bits per heavy atom. The number of hydrogen-bond donors (Lipinski definition) is 2. The normalized spacial score (nSPS) is 13.2. The van der Waals surface area contributed by atoms with Crippen molar-refractivity contribution < 1.29 is 19.1 Å². The molecule has 2 N–H and O–H groups in total. The molecule has 1 rings (SSSR count). The predicted molar refractivity (Wildman–Crippen MR) is 137 cm³/mol. The van der Waals surface area contributed by atoms with Crippen molar-refractivity contribution in [2.75, 3.05) is 6.54 Å². The topological polar surface area (TPSA) is 87.7 Å². The van der Waals surface area contributed by atoms with Crippen LogP contribution in [0.25, 0.3) is 6.08 Å². The van der Waals surface area contributed by atoms with Gasteiger partial charge in [-0.3, -0.25) is 9.59 Å². The van der Waals surface area contributed by atoms with Gasteiger partial charge in [-0.15, -0.1) is 0 Å². The van der Waals surface area contributed by atoms with Crippen molar-refractivity contribution in [3.8, 4) is 0 Å². The number of unbranched alkanes of at least 4 members (excludes halogenated alkanes) is 1. The smallest absolute Gasteiger partial charge is 0.408 e. The van der Waals surface area contributed by atoms with Crippen molar-refractivity contribution in [3.05, 3.63) is 42.0 Å². The maximum absolute atomic E-state index is 13.9. The van der Waals surface area contributed by atoms with E-state index in [0.29, 0.717) is 12.1 Å². The first-order chi connectivity index (χ1) is 15.8. The molecule has 0 heterocycles. The van der Waals surface area contributed by atoms with Crippen LogP contribution in [0.3, 0.4) is 0 Å². The van der Waals surface area contributed by atoms with Crippen molar-refractivity contribution >= 4 is 24.0 Å². The predicted octanol–water partition coefficient (Wildman–Crippen LogP) is 5.07. The summed E-state index contributed by atoms with van der Waals surface area (Å²) in [6.45, 7) is 19.1. The number of carbonyl (C=O) groups excluding carboxylic acids is 3. The molecule has 0 aliphatic heterocycles. The molecule has 0 aromatic heterocycles. The molecule has 0 aliphatic rings. The number of nitrogens with zero attached hydrogens (tertiary/aromatic N) is 1. The molecule has 0 spiro atoms. The van der Waals surface area contributed by atoms with Gasteiger partial charge < -0.3 is 20.3 Å². The summed E-state index contributed by atoms with van der Waals surface area (Å²) in [6.07, 6.45) is 2.83. The lowest BCUT2D eigenvalue weighted by molar-refractivity contribution is -0.145. The first kappa shape index (κ1) is 29.2. The Labute approximate surface area is 205 Å². The molecule has 0 radical (unpaired) electrons. The minimum atomic E-state index is -0.856. The third kappa shape index (κ3) is 8.84. The highest BCUT2D eigenvalue weighted by molar-refractivity contribution is 5.92. The summed E-state index contributed by atoms with van der Waals surface area (Å²) in [6, 6.07) is 5.43. The van der Waals surface area contributed by atoms with Crippen LogP contribution in [0.5, 0.6) is 0 Å². The van der Waals surface area contributed by atoms with Crippen LogP contribution in [0.15, 0.2) is 30.8 Å². The maximum atomic E-state index is 13.9. The molecule has 0 aliphatic carbocycles. The SMILES string of the molecule is C=Cc1cccc(C(C(=O)NCCCC)N(C(=O)C(NC(=O)OC(C)(C)C)C(C)C)C(C)C)c1. The number of rotatable bonds is 11. The van der Waals surface area contributed by atoms with Crippen LogP contribution in [0.2, 0.25) is 0 Å². The van der Waals surface area contributed by atoms with Gasteiger partial charge in [0.15, 0.2) is 0 Å². The summed E-state index contributed by atoms with van der Waals surface area (Å²) in [4.78, 5) is 41.4. The van der Waals surface area contributed by atoms with E-state index in [1.807, 2.05) is 52.0 Å². The minimum Gasteiger partial charge on any atom is -0.444 e. The van der Waals surface area contributed by atoms with Crippen LogP contribution in [0.1, 0.15) is 85.4 Å². The molecule has 0 fully saturated rings. The van der Waals surface area contributed by atoms with Gasteiger partial charge in [-0.25, -0.2) is 4.79 Å². The third-order valence-electron chi connectivity index (χ3n) is 5.23. The summed E-state index contributed by atoms with van der Waals surface area (Å²) in [5.74, 6) is -0.809. The molecular weight excluding hydrogens is 430 g/mol. The average Bonchev–Trinajstić information content (AvgIpc) is 2.73. The standard InChI is InChI=1S/C27H43N3O4/c1-10-12-16-28-24(31)23(21-15-13-14-20(11-2)17-21)30(19(5)6)25(32)22(18(3)4)29-26(33)34-27(7,8)9/h11,13-15,17-19,22-23H,2,10,12,16H2,1,3-9H3,(H,28,31)(H,29,33). The Morgan fingerprint density at radius 1 is 1.15 bits per heavy atom. The molecule has 7 heteroatoms. The third-order valence-corrected chi connectivity index (χ3v) is 5.23. The molecule has 7 nitrogen and oxygen atoms in total. The second kappa shape index (κ2) is 13.2. The van der Waals surface area contributed by atoms with Crippen LogP contribution in [-0.2, 0) is 14.3 Å². The summed E-state index contributed by atoms with van der Waals surface area (Å²) >= 11 is 0. The van der Waals surface area contributed by atoms with E-state index in [0.717, 1.165) is 18.4 Å². The second-order valence-corrected chi connectivity index (χ2v) is 10.1. The maximum Gasteiger partial charge on any atom is 0.408 e. The highest BCUT2D eigenvalue weighted by Gasteiger charge is 2.38. The van der Waals surface area contributed by atoms with Gasteiger partial charge in [-0.05, 0) is 64.2 Å². The first-order valence-electron chi connectivity index (χ1n) is 12.1. The van der Waals surface area contributed by atoms with E-state index in [9.17, 15) is 14.4 Å². The minimum absolute atomic E-state index is 0.218. The lowest BCUT2D eigenvalue weighted by atomic mass is 9.96. The highest BCUT2D eigenvalue weighted by atomic mass is 16.6. The molecule has 1 aromatic carbocycles. The fraction of sp³-hybridized carbons (Fsp3) is 0.593. The van der Waals surface area contributed by atoms with Gasteiger partial charge in [0.1, 0.15) is 17.7 Å². The number of ether oxygens (including phenoxy) is 1. The zero-order chi connectivity index (χ0) is 26.1.